The van der Waals surface area contributed by atoms with Gasteiger partial charge in [0.1, 0.15) is 0 Å². The topological polar surface area (TPSA) is 49.7 Å². The Balaban J connectivity index is 3.20. The van der Waals surface area contributed by atoms with Gasteiger partial charge in [-0.05, 0) is 30.4 Å². The number of rotatable bonds is 6. The zero-order valence-electron chi connectivity index (χ0n) is 10.8. The van der Waals surface area contributed by atoms with Crippen LogP contribution < -0.4 is 0 Å². The molecular weight excluding hydrogens is 215 g/mol. The molecule has 1 aromatic carbocycles. The molecular formula is C13H21BO3. The molecule has 0 aliphatic heterocycles. The van der Waals surface area contributed by atoms with Gasteiger partial charge in [0.2, 0.25) is 0 Å². The molecule has 0 saturated carbocycles. The Bertz CT molecular complexity index is 348. The predicted molar refractivity (Wildman–Crippen MR) is 69.4 cm³/mol. The number of hydrogen-bond acceptors (Lipinski definition) is 3. The van der Waals surface area contributed by atoms with E-state index in [1.165, 1.54) is 5.56 Å². The molecule has 0 saturated heterocycles. The molecule has 4 heteroatoms. The molecule has 0 bridgehead atoms. The lowest BCUT2D eigenvalue weighted by molar-refractivity contribution is 0.00754. The monoisotopic (exact) mass is 236 g/mol. The summed E-state index contributed by atoms with van der Waals surface area (Å²) in [6.45, 7) is 6.08. The zero-order chi connectivity index (χ0) is 12.9. The van der Waals surface area contributed by atoms with Crippen molar-refractivity contribution in [3.05, 3.63) is 35.4 Å². The fourth-order valence-corrected chi connectivity index (χ4v) is 2.34. The molecule has 0 fully saturated rings. The summed E-state index contributed by atoms with van der Waals surface area (Å²) in [5.41, 5.74) is 1.64. The molecule has 0 atom stereocenters. The first kappa shape index (κ1) is 14.2. The molecule has 0 aromatic heterocycles. The van der Waals surface area contributed by atoms with E-state index in [4.69, 9.17) is 14.7 Å². The fraction of sp³-hybridized carbons (Fsp3) is 0.538. The summed E-state index contributed by atoms with van der Waals surface area (Å²) in [4.78, 5) is 0. The third-order valence-electron chi connectivity index (χ3n) is 3.36. The minimum Gasteiger partial charge on any atom is -0.402 e. The first-order chi connectivity index (χ1) is 8.09. The van der Waals surface area contributed by atoms with Gasteiger partial charge >= 0.3 is 7.32 Å². The van der Waals surface area contributed by atoms with Gasteiger partial charge in [-0.2, -0.15) is 0 Å². The molecule has 0 aliphatic rings. The van der Waals surface area contributed by atoms with Crippen LogP contribution in [0.2, 0.25) is 0 Å². The minimum absolute atomic E-state index is 0.610. The van der Waals surface area contributed by atoms with Gasteiger partial charge in [-0.1, -0.05) is 45.0 Å². The van der Waals surface area contributed by atoms with E-state index in [1.807, 2.05) is 32.0 Å². The summed E-state index contributed by atoms with van der Waals surface area (Å²) in [5.74, 6) is 0. The summed E-state index contributed by atoms with van der Waals surface area (Å²) < 4.78 is 5.38. The first-order valence-corrected chi connectivity index (χ1v) is 6.22. The zero-order valence-corrected chi connectivity index (χ0v) is 10.8. The molecule has 1 rings (SSSR count). The van der Waals surface area contributed by atoms with Gasteiger partial charge in [-0.15, -0.1) is 0 Å². The largest absolute Gasteiger partial charge is 0.634 e. The molecule has 0 unspecified atom stereocenters. The summed E-state index contributed by atoms with van der Waals surface area (Å²) in [6.07, 6.45) is 2.32. The Morgan fingerprint density at radius 2 is 1.71 bits per heavy atom. The standard InChI is InChI=1S/C13H21BO3/c1-4-11-9-7-8-10-12(11)13(5-2,6-3)17-14(15)16/h7-10,15-16H,4-6H2,1-3H3. The number of aryl methyl sites for hydroxylation is 1. The highest BCUT2D eigenvalue weighted by Gasteiger charge is 2.34. The lowest BCUT2D eigenvalue weighted by Gasteiger charge is -2.34. The maximum atomic E-state index is 9.11. The number of hydrogen-bond donors (Lipinski definition) is 2. The van der Waals surface area contributed by atoms with Crippen molar-refractivity contribution in [2.45, 2.75) is 45.6 Å². The van der Waals surface area contributed by atoms with Gasteiger partial charge in [0, 0.05) is 0 Å². The predicted octanol–water partition coefficient (Wildman–Crippen LogP) is 2.25. The summed E-state index contributed by atoms with van der Waals surface area (Å²) in [5, 5.41) is 18.2. The lowest BCUT2D eigenvalue weighted by Crippen LogP contribution is -2.36. The normalized spacial score (nSPS) is 11.6. The van der Waals surface area contributed by atoms with Crippen LogP contribution in [-0.4, -0.2) is 17.4 Å². The fourth-order valence-electron chi connectivity index (χ4n) is 2.34. The third kappa shape index (κ3) is 3.09. The highest BCUT2D eigenvalue weighted by Crippen LogP contribution is 2.35. The SMILES string of the molecule is CCc1ccccc1C(CC)(CC)OB(O)O. The van der Waals surface area contributed by atoms with Gasteiger partial charge in [0.25, 0.3) is 0 Å². The van der Waals surface area contributed by atoms with E-state index in [0.29, 0.717) is 12.8 Å². The van der Waals surface area contributed by atoms with Crippen LogP contribution in [0.3, 0.4) is 0 Å². The summed E-state index contributed by atoms with van der Waals surface area (Å²) in [7, 11) is -1.74. The van der Waals surface area contributed by atoms with Crippen molar-refractivity contribution in [3.8, 4) is 0 Å². The lowest BCUT2D eigenvalue weighted by atomic mass is 9.83. The molecule has 0 aliphatic carbocycles. The van der Waals surface area contributed by atoms with Crippen molar-refractivity contribution < 1.29 is 14.7 Å². The van der Waals surface area contributed by atoms with Crippen LogP contribution in [0.5, 0.6) is 0 Å². The Labute approximate surface area is 104 Å². The molecule has 17 heavy (non-hydrogen) atoms. The van der Waals surface area contributed by atoms with E-state index in [0.717, 1.165) is 12.0 Å². The Morgan fingerprint density at radius 3 is 2.18 bits per heavy atom. The molecule has 1 aromatic rings. The van der Waals surface area contributed by atoms with Crippen LogP contribution in [0.1, 0.15) is 44.7 Å². The molecule has 0 spiro atoms. The number of benzene rings is 1. The van der Waals surface area contributed by atoms with Gasteiger partial charge < -0.3 is 14.7 Å². The van der Waals surface area contributed by atoms with Gasteiger partial charge in [0.05, 0.1) is 5.60 Å². The van der Waals surface area contributed by atoms with E-state index in [9.17, 15) is 0 Å². The van der Waals surface area contributed by atoms with Crippen LogP contribution >= 0.6 is 0 Å². The smallest absolute Gasteiger partial charge is 0.402 e. The highest BCUT2D eigenvalue weighted by atomic mass is 16.6. The molecule has 3 nitrogen and oxygen atoms in total. The van der Waals surface area contributed by atoms with Gasteiger partial charge in [-0.3, -0.25) is 0 Å². The minimum atomic E-state index is -1.74. The van der Waals surface area contributed by atoms with Crippen molar-refractivity contribution in [3.63, 3.8) is 0 Å². The molecule has 94 valence electrons. The van der Waals surface area contributed by atoms with Crippen molar-refractivity contribution in [2.75, 3.05) is 0 Å². The van der Waals surface area contributed by atoms with Gasteiger partial charge in [0.15, 0.2) is 0 Å². The summed E-state index contributed by atoms with van der Waals surface area (Å²) >= 11 is 0. The molecule has 2 N–H and O–H groups in total. The average Bonchev–Trinajstić information content (AvgIpc) is 2.35. The third-order valence-corrected chi connectivity index (χ3v) is 3.36. The van der Waals surface area contributed by atoms with Crippen LogP contribution in [0.4, 0.5) is 0 Å². The van der Waals surface area contributed by atoms with E-state index >= 15 is 0 Å². The second kappa shape index (κ2) is 6.19. The van der Waals surface area contributed by atoms with Crippen molar-refractivity contribution >= 4 is 7.32 Å². The molecule has 0 amide bonds. The van der Waals surface area contributed by atoms with E-state index in [-0.39, 0.29) is 0 Å². The molecule has 0 radical (unpaired) electrons. The highest BCUT2D eigenvalue weighted by molar-refractivity contribution is 6.32. The maximum absolute atomic E-state index is 9.11. The van der Waals surface area contributed by atoms with E-state index in [1.54, 1.807) is 0 Å². The van der Waals surface area contributed by atoms with E-state index in [2.05, 4.69) is 13.0 Å². The second-order valence-corrected chi connectivity index (χ2v) is 4.16. The Hall–Kier alpha value is -0.835. The molecule has 0 heterocycles. The summed E-state index contributed by atoms with van der Waals surface area (Å²) in [6, 6.07) is 8.02. The second-order valence-electron chi connectivity index (χ2n) is 4.16. The van der Waals surface area contributed by atoms with E-state index < -0.39 is 12.9 Å². The quantitative estimate of drug-likeness (QED) is 0.745. The Kier molecular flexibility index (Phi) is 5.18. The van der Waals surface area contributed by atoms with Crippen LogP contribution in [0.25, 0.3) is 0 Å². The van der Waals surface area contributed by atoms with Crippen LogP contribution in [-0.2, 0) is 16.7 Å². The first-order valence-electron chi connectivity index (χ1n) is 6.22. The maximum Gasteiger partial charge on any atom is 0.634 e. The van der Waals surface area contributed by atoms with Crippen molar-refractivity contribution in [2.24, 2.45) is 0 Å². The van der Waals surface area contributed by atoms with Gasteiger partial charge in [-0.25, -0.2) is 0 Å². The van der Waals surface area contributed by atoms with Crippen molar-refractivity contribution in [1.82, 2.24) is 0 Å². The Morgan fingerprint density at radius 1 is 1.12 bits per heavy atom. The average molecular weight is 236 g/mol. The van der Waals surface area contributed by atoms with Crippen molar-refractivity contribution in [1.29, 1.82) is 0 Å². The van der Waals surface area contributed by atoms with Crippen LogP contribution in [0, 0.1) is 0 Å². The van der Waals surface area contributed by atoms with Crippen LogP contribution in [0.15, 0.2) is 24.3 Å².